The van der Waals surface area contributed by atoms with E-state index >= 15 is 0 Å². The molecule has 1 aromatic rings. The van der Waals surface area contributed by atoms with Crippen LogP contribution in [0, 0.1) is 5.92 Å². The fourth-order valence-corrected chi connectivity index (χ4v) is 3.65. The first-order valence-electron chi connectivity index (χ1n) is 8.07. The predicted octanol–water partition coefficient (Wildman–Crippen LogP) is 2.18. The van der Waals surface area contributed by atoms with Crippen LogP contribution in [0.4, 0.5) is 5.82 Å². The quantitative estimate of drug-likeness (QED) is 0.853. The van der Waals surface area contributed by atoms with E-state index in [2.05, 4.69) is 26.8 Å². The molecule has 0 spiro atoms. The van der Waals surface area contributed by atoms with Crippen molar-refractivity contribution in [1.29, 1.82) is 0 Å². The molecule has 2 aliphatic heterocycles. The maximum Gasteiger partial charge on any atom is 0.234 e. The molecule has 0 bridgehead atoms. The number of ether oxygens (including phenoxy) is 1. The van der Waals surface area contributed by atoms with Crippen LogP contribution in [0.5, 0.6) is 5.88 Å². The van der Waals surface area contributed by atoms with Crippen molar-refractivity contribution in [3.8, 4) is 5.88 Å². The molecule has 5 heteroatoms. The van der Waals surface area contributed by atoms with Crippen LogP contribution in [-0.4, -0.2) is 53.7 Å². The number of hydrogen-bond acceptors (Lipinski definition) is 5. The van der Waals surface area contributed by atoms with Gasteiger partial charge in [0.05, 0.1) is 18.5 Å². The van der Waals surface area contributed by atoms with Gasteiger partial charge in [-0.25, -0.2) is 0 Å². The third-order valence-electron chi connectivity index (χ3n) is 4.63. The van der Waals surface area contributed by atoms with Crippen molar-refractivity contribution in [3.05, 3.63) is 12.4 Å². The number of nitrogens with zero attached hydrogens (tertiary/aromatic N) is 4. The minimum atomic E-state index is 0.132. The Hall–Kier alpha value is -1.36. The van der Waals surface area contributed by atoms with Crippen LogP contribution in [0.2, 0.25) is 0 Å². The molecule has 0 amide bonds. The first kappa shape index (κ1) is 14.6. The number of aromatic nitrogens is 2. The summed E-state index contributed by atoms with van der Waals surface area (Å²) in [5.74, 6) is 2.35. The Bertz CT molecular complexity index is 479. The lowest BCUT2D eigenvalue weighted by Crippen LogP contribution is -2.52. The Labute approximate surface area is 127 Å². The molecular weight excluding hydrogens is 264 g/mol. The SMILES string of the molecule is CC(C)Oc1cncc(N2CCC3C(CCCN3C)C2)n1. The molecule has 3 heterocycles. The maximum absolute atomic E-state index is 5.66. The summed E-state index contributed by atoms with van der Waals surface area (Å²) >= 11 is 0. The summed E-state index contributed by atoms with van der Waals surface area (Å²) in [4.78, 5) is 13.8. The van der Waals surface area contributed by atoms with E-state index < -0.39 is 0 Å². The van der Waals surface area contributed by atoms with Crippen molar-refractivity contribution in [1.82, 2.24) is 14.9 Å². The molecule has 2 fully saturated rings. The number of piperidine rings is 2. The highest BCUT2D eigenvalue weighted by atomic mass is 16.5. The number of rotatable bonds is 3. The standard InChI is InChI=1S/C16H26N4O/c1-12(2)21-16-10-17-9-15(18-16)20-8-6-14-13(11-20)5-4-7-19(14)3/h9-10,12-14H,4-8,11H2,1-3H3. The van der Waals surface area contributed by atoms with Crippen molar-refractivity contribution in [2.45, 2.75) is 45.3 Å². The average molecular weight is 290 g/mol. The molecule has 2 unspecified atom stereocenters. The van der Waals surface area contributed by atoms with E-state index in [9.17, 15) is 0 Å². The van der Waals surface area contributed by atoms with Crippen molar-refractivity contribution in [2.75, 3.05) is 31.6 Å². The Morgan fingerprint density at radius 1 is 1.24 bits per heavy atom. The molecule has 0 aliphatic carbocycles. The van der Waals surface area contributed by atoms with Crippen molar-refractivity contribution in [3.63, 3.8) is 0 Å². The maximum atomic E-state index is 5.66. The molecule has 0 saturated carbocycles. The van der Waals surface area contributed by atoms with E-state index in [0.29, 0.717) is 5.88 Å². The normalized spacial score (nSPS) is 26.8. The van der Waals surface area contributed by atoms with Gasteiger partial charge in [0.2, 0.25) is 5.88 Å². The zero-order chi connectivity index (χ0) is 14.8. The van der Waals surface area contributed by atoms with Gasteiger partial charge < -0.3 is 14.5 Å². The van der Waals surface area contributed by atoms with Gasteiger partial charge in [0.1, 0.15) is 0 Å². The number of hydrogen-bond donors (Lipinski definition) is 0. The van der Waals surface area contributed by atoms with Crippen LogP contribution in [0.3, 0.4) is 0 Å². The van der Waals surface area contributed by atoms with Crippen LogP contribution in [-0.2, 0) is 0 Å². The highest BCUT2D eigenvalue weighted by molar-refractivity contribution is 5.38. The van der Waals surface area contributed by atoms with Crippen molar-refractivity contribution < 1.29 is 4.74 Å². The Balaban J connectivity index is 1.70. The van der Waals surface area contributed by atoms with Crippen LogP contribution in [0.1, 0.15) is 33.1 Å². The van der Waals surface area contributed by atoms with Gasteiger partial charge in [-0.3, -0.25) is 4.98 Å². The molecular formula is C16H26N4O. The highest BCUT2D eigenvalue weighted by Crippen LogP contribution is 2.31. The third kappa shape index (κ3) is 3.28. The van der Waals surface area contributed by atoms with E-state index in [4.69, 9.17) is 4.74 Å². The smallest absolute Gasteiger partial charge is 0.234 e. The van der Waals surface area contributed by atoms with Gasteiger partial charge in [-0.15, -0.1) is 0 Å². The molecule has 0 radical (unpaired) electrons. The Morgan fingerprint density at radius 2 is 2.10 bits per heavy atom. The zero-order valence-corrected chi connectivity index (χ0v) is 13.3. The summed E-state index contributed by atoms with van der Waals surface area (Å²) in [6.07, 6.45) is 7.56. The van der Waals surface area contributed by atoms with Gasteiger partial charge in [-0.05, 0) is 52.6 Å². The molecule has 2 saturated heterocycles. The van der Waals surface area contributed by atoms with E-state index in [1.807, 2.05) is 20.0 Å². The third-order valence-corrected chi connectivity index (χ3v) is 4.63. The zero-order valence-electron chi connectivity index (χ0n) is 13.3. The van der Waals surface area contributed by atoms with E-state index in [1.54, 1.807) is 6.20 Å². The Kier molecular flexibility index (Phi) is 4.29. The van der Waals surface area contributed by atoms with Crippen LogP contribution in [0.25, 0.3) is 0 Å². The van der Waals surface area contributed by atoms with Gasteiger partial charge >= 0.3 is 0 Å². The second-order valence-electron chi connectivity index (χ2n) is 6.57. The number of fused-ring (bicyclic) bond motifs is 1. The summed E-state index contributed by atoms with van der Waals surface area (Å²) in [6, 6.07) is 0.748. The van der Waals surface area contributed by atoms with Crippen molar-refractivity contribution >= 4 is 5.82 Å². The van der Waals surface area contributed by atoms with E-state index in [0.717, 1.165) is 30.9 Å². The van der Waals surface area contributed by atoms with Gasteiger partial charge in [0.15, 0.2) is 5.82 Å². The summed E-state index contributed by atoms with van der Waals surface area (Å²) in [5.41, 5.74) is 0. The molecule has 0 N–H and O–H groups in total. The van der Waals surface area contributed by atoms with E-state index in [1.165, 1.54) is 25.8 Å². The first-order valence-corrected chi connectivity index (χ1v) is 8.07. The summed E-state index contributed by atoms with van der Waals surface area (Å²) in [5, 5.41) is 0. The second kappa shape index (κ2) is 6.18. The number of likely N-dealkylation sites (tertiary alicyclic amines) is 1. The number of anilines is 1. The van der Waals surface area contributed by atoms with Crippen molar-refractivity contribution in [2.24, 2.45) is 5.92 Å². The average Bonchev–Trinajstić information content (AvgIpc) is 2.47. The second-order valence-corrected chi connectivity index (χ2v) is 6.57. The largest absolute Gasteiger partial charge is 0.474 e. The lowest BCUT2D eigenvalue weighted by atomic mass is 9.84. The summed E-state index contributed by atoms with van der Waals surface area (Å²) in [6.45, 7) is 7.42. The molecule has 21 heavy (non-hydrogen) atoms. The monoisotopic (exact) mass is 290 g/mol. The summed E-state index contributed by atoms with van der Waals surface area (Å²) < 4.78 is 5.66. The van der Waals surface area contributed by atoms with Crippen LogP contribution >= 0.6 is 0 Å². The fraction of sp³-hybridized carbons (Fsp3) is 0.750. The molecule has 116 valence electrons. The molecule has 2 atom stereocenters. The molecule has 0 aromatic carbocycles. The first-order chi connectivity index (χ1) is 10.1. The molecule has 1 aromatic heterocycles. The minimum absolute atomic E-state index is 0.132. The van der Waals surface area contributed by atoms with Gasteiger partial charge in [0.25, 0.3) is 0 Å². The minimum Gasteiger partial charge on any atom is -0.474 e. The molecule has 5 nitrogen and oxygen atoms in total. The molecule has 2 aliphatic rings. The topological polar surface area (TPSA) is 41.5 Å². The summed E-state index contributed by atoms with van der Waals surface area (Å²) in [7, 11) is 2.27. The van der Waals surface area contributed by atoms with Gasteiger partial charge in [-0.2, -0.15) is 4.98 Å². The van der Waals surface area contributed by atoms with Crippen LogP contribution < -0.4 is 9.64 Å². The molecule has 3 rings (SSSR count). The lowest BCUT2D eigenvalue weighted by molar-refractivity contribution is 0.102. The lowest BCUT2D eigenvalue weighted by Gasteiger charge is -2.46. The van der Waals surface area contributed by atoms with E-state index in [-0.39, 0.29) is 6.10 Å². The van der Waals surface area contributed by atoms with Gasteiger partial charge in [-0.1, -0.05) is 0 Å². The Morgan fingerprint density at radius 3 is 2.90 bits per heavy atom. The van der Waals surface area contributed by atoms with Crippen LogP contribution in [0.15, 0.2) is 12.4 Å². The fourth-order valence-electron chi connectivity index (χ4n) is 3.65. The highest BCUT2D eigenvalue weighted by Gasteiger charge is 2.34. The van der Waals surface area contributed by atoms with Gasteiger partial charge in [0, 0.05) is 19.1 Å². The predicted molar refractivity (Wildman–Crippen MR) is 83.8 cm³/mol.